The second kappa shape index (κ2) is 7.20. The Morgan fingerprint density at radius 1 is 1.30 bits per heavy atom. The zero-order chi connectivity index (χ0) is 14.4. The van der Waals surface area contributed by atoms with Crippen LogP contribution in [0.25, 0.3) is 0 Å². The molecule has 0 aliphatic rings. The number of nitrogens with zero attached hydrogens (tertiary/aromatic N) is 1. The van der Waals surface area contributed by atoms with E-state index in [1.54, 1.807) is 12.4 Å². The summed E-state index contributed by atoms with van der Waals surface area (Å²) in [5.41, 5.74) is 3.60. The van der Waals surface area contributed by atoms with Crippen molar-refractivity contribution >= 4 is 27.5 Å². The molecule has 3 nitrogen and oxygen atoms in total. The van der Waals surface area contributed by atoms with Crippen molar-refractivity contribution in [3.05, 3.63) is 59.4 Å². The number of aryl methyl sites for hydroxylation is 2. The summed E-state index contributed by atoms with van der Waals surface area (Å²) in [4.78, 5) is 16.2. The van der Waals surface area contributed by atoms with E-state index in [2.05, 4.69) is 32.3 Å². The van der Waals surface area contributed by atoms with Crippen LogP contribution in [0.4, 0.5) is 5.69 Å². The summed E-state index contributed by atoms with van der Waals surface area (Å²) in [6, 6.07) is 9.79. The maximum absolute atomic E-state index is 12.1. The van der Waals surface area contributed by atoms with Crippen molar-refractivity contribution in [3.63, 3.8) is 0 Å². The van der Waals surface area contributed by atoms with E-state index < -0.39 is 0 Å². The molecular weight excluding hydrogens is 316 g/mol. The van der Waals surface area contributed by atoms with Crippen LogP contribution in [-0.2, 0) is 6.42 Å². The van der Waals surface area contributed by atoms with Crippen molar-refractivity contribution in [3.8, 4) is 0 Å². The van der Waals surface area contributed by atoms with Gasteiger partial charge in [0.2, 0.25) is 0 Å². The van der Waals surface area contributed by atoms with Crippen LogP contribution in [0.2, 0.25) is 0 Å². The van der Waals surface area contributed by atoms with Crippen LogP contribution in [0.3, 0.4) is 0 Å². The van der Waals surface area contributed by atoms with Gasteiger partial charge in [-0.05, 0) is 49.1 Å². The van der Waals surface area contributed by atoms with E-state index in [1.165, 1.54) is 5.56 Å². The molecule has 1 aromatic carbocycles. The second-order valence-corrected chi connectivity index (χ2v) is 5.49. The van der Waals surface area contributed by atoms with Crippen LogP contribution in [0.5, 0.6) is 0 Å². The van der Waals surface area contributed by atoms with Gasteiger partial charge in [-0.2, -0.15) is 0 Å². The second-order valence-electron chi connectivity index (χ2n) is 4.70. The van der Waals surface area contributed by atoms with E-state index in [4.69, 9.17) is 0 Å². The number of anilines is 1. The normalized spacial score (nSPS) is 10.3. The van der Waals surface area contributed by atoms with Gasteiger partial charge >= 0.3 is 0 Å². The van der Waals surface area contributed by atoms with Gasteiger partial charge < -0.3 is 5.32 Å². The quantitative estimate of drug-likeness (QED) is 0.841. The van der Waals surface area contributed by atoms with Crippen molar-refractivity contribution < 1.29 is 4.79 Å². The number of pyridine rings is 1. The van der Waals surface area contributed by atoms with E-state index in [1.807, 2.05) is 31.2 Å². The Balaban J connectivity index is 2.07. The predicted molar refractivity (Wildman–Crippen MR) is 85.5 cm³/mol. The lowest BCUT2D eigenvalue weighted by Gasteiger charge is -2.07. The van der Waals surface area contributed by atoms with Crippen LogP contribution in [-0.4, -0.2) is 16.2 Å². The molecule has 1 amide bonds. The number of carbonyl (C=O) groups is 1. The number of alkyl halides is 1. The summed E-state index contributed by atoms with van der Waals surface area (Å²) in [5.74, 6) is -0.126. The highest BCUT2D eigenvalue weighted by Gasteiger charge is 2.07. The minimum atomic E-state index is -0.126. The van der Waals surface area contributed by atoms with Gasteiger partial charge in [-0.1, -0.05) is 28.1 Å². The fourth-order valence-electron chi connectivity index (χ4n) is 1.96. The molecule has 0 aliphatic carbocycles. The molecule has 0 unspecified atom stereocenters. The van der Waals surface area contributed by atoms with E-state index in [0.717, 1.165) is 29.4 Å². The Labute approximate surface area is 127 Å². The summed E-state index contributed by atoms with van der Waals surface area (Å²) < 4.78 is 0. The number of carbonyl (C=O) groups excluding carboxylic acids is 1. The largest absolute Gasteiger partial charge is 0.322 e. The molecule has 0 fully saturated rings. The van der Waals surface area contributed by atoms with Crippen molar-refractivity contribution in [2.45, 2.75) is 19.8 Å². The molecule has 0 saturated heterocycles. The monoisotopic (exact) mass is 332 g/mol. The van der Waals surface area contributed by atoms with Crippen LogP contribution in [0.15, 0.2) is 42.7 Å². The Morgan fingerprint density at radius 3 is 2.90 bits per heavy atom. The number of hydrogen-bond acceptors (Lipinski definition) is 2. The average molecular weight is 333 g/mol. The minimum absolute atomic E-state index is 0.126. The smallest absolute Gasteiger partial charge is 0.257 e. The molecule has 0 bridgehead atoms. The molecule has 0 spiro atoms. The molecule has 1 N–H and O–H groups in total. The summed E-state index contributed by atoms with van der Waals surface area (Å²) >= 11 is 3.43. The third kappa shape index (κ3) is 4.17. The van der Waals surface area contributed by atoms with E-state index in [0.29, 0.717) is 5.56 Å². The molecule has 104 valence electrons. The van der Waals surface area contributed by atoms with Crippen molar-refractivity contribution in [2.24, 2.45) is 0 Å². The van der Waals surface area contributed by atoms with E-state index in [-0.39, 0.29) is 5.91 Å². The Bertz CT molecular complexity index is 599. The fraction of sp³-hybridized carbons (Fsp3) is 0.250. The molecule has 2 rings (SSSR count). The van der Waals surface area contributed by atoms with Crippen molar-refractivity contribution in [2.75, 3.05) is 10.6 Å². The minimum Gasteiger partial charge on any atom is -0.322 e. The average Bonchev–Trinajstić information content (AvgIpc) is 2.45. The van der Waals surface area contributed by atoms with E-state index >= 15 is 0 Å². The number of hydrogen-bond donors (Lipinski definition) is 1. The first-order valence-electron chi connectivity index (χ1n) is 6.57. The van der Waals surface area contributed by atoms with Crippen LogP contribution in [0, 0.1) is 6.92 Å². The van der Waals surface area contributed by atoms with Gasteiger partial charge in [-0.15, -0.1) is 0 Å². The molecule has 0 aliphatic heterocycles. The van der Waals surface area contributed by atoms with Gasteiger partial charge in [0.1, 0.15) is 0 Å². The summed E-state index contributed by atoms with van der Waals surface area (Å²) in [6.07, 6.45) is 5.40. The number of rotatable bonds is 5. The van der Waals surface area contributed by atoms with Gasteiger partial charge in [0.05, 0.1) is 5.56 Å². The molecule has 20 heavy (non-hydrogen) atoms. The Kier molecular flexibility index (Phi) is 5.30. The molecule has 1 aromatic heterocycles. The van der Waals surface area contributed by atoms with Crippen LogP contribution in [0.1, 0.15) is 27.9 Å². The van der Waals surface area contributed by atoms with Gasteiger partial charge in [0.25, 0.3) is 5.91 Å². The molecular formula is C16H17BrN2O. The lowest BCUT2D eigenvalue weighted by atomic mass is 10.1. The highest BCUT2D eigenvalue weighted by Crippen LogP contribution is 2.14. The zero-order valence-corrected chi connectivity index (χ0v) is 13.0. The summed E-state index contributed by atoms with van der Waals surface area (Å²) in [6.45, 7) is 1.92. The molecule has 1 heterocycles. The topological polar surface area (TPSA) is 42.0 Å². The standard InChI is InChI=1S/C16H17BrN2O/c1-12-8-14(11-18-10-12)16(20)19-15-6-2-4-13(9-15)5-3-7-17/h2,4,6,8-11H,3,5,7H2,1H3,(H,19,20). The first-order valence-corrected chi connectivity index (χ1v) is 7.69. The number of amides is 1. The number of aromatic nitrogens is 1. The highest BCUT2D eigenvalue weighted by atomic mass is 79.9. The molecule has 4 heteroatoms. The maximum atomic E-state index is 12.1. The van der Waals surface area contributed by atoms with Crippen molar-refractivity contribution in [1.82, 2.24) is 4.98 Å². The van der Waals surface area contributed by atoms with Crippen molar-refractivity contribution in [1.29, 1.82) is 0 Å². The first kappa shape index (κ1) is 14.7. The lowest BCUT2D eigenvalue weighted by Crippen LogP contribution is -2.12. The lowest BCUT2D eigenvalue weighted by molar-refractivity contribution is 0.102. The SMILES string of the molecule is Cc1cncc(C(=O)Nc2cccc(CCCBr)c2)c1. The predicted octanol–water partition coefficient (Wildman–Crippen LogP) is 3.97. The van der Waals surface area contributed by atoms with E-state index in [9.17, 15) is 4.79 Å². The number of benzene rings is 1. The Hall–Kier alpha value is -1.68. The first-order chi connectivity index (χ1) is 9.69. The summed E-state index contributed by atoms with van der Waals surface area (Å²) in [5, 5.41) is 3.90. The van der Waals surface area contributed by atoms with Gasteiger partial charge in [0.15, 0.2) is 0 Å². The zero-order valence-electron chi connectivity index (χ0n) is 11.4. The molecule has 0 atom stereocenters. The molecule has 0 saturated carbocycles. The Morgan fingerprint density at radius 2 is 2.15 bits per heavy atom. The molecule has 2 aromatic rings. The number of halogens is 1. The van der Waals surface area contributed by atoms with Crippen LogP contribution < -0.4 is 5.32 Å². The maximum Gasteiger partial charge on any atom is 0.257 e. The third-order valence-electron chi connectivity index (χ3n) is 2.92. The summed E-state index contributed by atoms with van der Waals surface area (Å²) in [7, 11) is 0. The van der Waals surface area contributed by atoms with Crippen LogP contribution >= 0.6 is 15.9 Å². The van der Waals surface area contributed by atoms with Gasteiger partial charge in [-0.3, -0.25) is 9.78 Å². The van der Waals surface area contributed by atoms with Gasteiger partial charge in [-0.25, -0.2) is 0 Å². The van der Waals surface area contributed by atoms with Gasteiger partial charge in [0, 0.05) is 23.4 Å². The molecule has 0 radical (unpaired) electrons. The third-order valence-corrected chi connectivity index (χ3v) is 3.48. The highest BCUT2D eigenvalue weighted by molar-refractivity contribution is 9.09. The fourth-order valence-corrected chi connectivity index (χ4v) is 2.24. The number of nitrogens with one attached hydrogen (secondary N) is 1.